The highest BCUT2D eigenvalue weighted by Crippen LogP contribution is 2.43. The number of carboxylic acids is 1. The molecule has 1 saturated heterocycles. The number of allylic oxidation sites excluding steroid dienone is 4. The van der Waals surface area contributed by atoms with Gasteiger partial charge >= 0.3 is 25.7 Å². The third-order valence-electron chi connectivity index (χ3n) is 9.04. The van der Waals surface area contributed by atoms with Crippen molar-refractivity contribution in [3.63, 3.8) is 0 Å². The van der Waals surface area contributed by atoms with Crippen molar-refractivity contribution in [1.29, 1.82) is 0 Å². The van der Waals surface area contributed by atoms with E-state index in [1.54, 1.807) is 0 Å². The Morgan fingerprint density at radius 2 is 1.17 bits per heavy atom. The van der Waals surface area contributed by atoms with Gasteiger partial charge in [0.2, 0.25) is 0 Å². The summed E-state index contributed by atoms with van der Waals surface area (Å²) >= 11 is 0. The van der Waals surface area contributed by atoms with Crippen molar-refractivity contribution in [1.82, 2.24) is 0 Å². The van der Waals surface area contributed by atoms with Gasteiger partial charge in [-0.25, -0.2) is 4.57 Å². The maximum Gasteiger partial charge on any atom is 0.472 e. The van der Waals surface area contributed by atoms with E-state index in [1.807, 2.05) is 6.08 Å². The predicted molar refractivity (Wildman–Crippen MR) is 212 cm³/mol. The number of esters is 2. The van der Waals surface area contributed by atoms with Crippen LogP contribution in [0.2, 0.25) is 0 Å². The van der Waals surface area contributed by atoms with Crippen molar-refractivity contribution in [2.45, 2.75) is 186 Å². The van der Waals surface area contributed by atoms with E-state index >= 15 is 0 Å². The number of carbonyl (C=O) groups is 3. The van der Waals surface area contributed by atoms with Crippen molar-refractivity contribution >= 4 is 25.7 Å². The lowest BCUT2D eigenvalue weighted by molar-refractivity contribution is -0.161. The van der Waals surface area contributed by atoms with Gasteiger partial charge in [0.15, 0.2) is 6.10 Å². The van der Waals surface area contributed by atoms with Crippen molar-refractivity contribution < 1.29 is 52.2 Å². The first-order chi connectivity index (χ1) is 26.1. The van der Waals surface area contributed by atoms with Crippen LogP contribution < -0.4 is 5.73 Å². The summed E-state index contributed by atoms with van der Waals surface area (Å²) in [6.45, 7) is 2.69. The van der Waals surface area contributed by atoms with Crippen molar-refractivity contribution in [2.24, 2.45) is 5.73 Å². The Morgan fingerprint density at radius 3 is 1.80 bits per heavy atom. The summed E-state index contributed by atoms with van der Waals surface area (Å²) in [7, 11) is -4.73. The van der Waals surface area contributed by atoms with Gasteiger partial charge in [0.1, 0.15) is 12.6 Å². The number of aliphatic carboxylic acids is 1. The summed E-state index contributed by atoms with van der Waals surface area (Å²) in [4.78, 5) is 45.9. The number of hydrogen-bond acceptors (Lipinski definition) is 10. The number of ether oxygens (including phenoxy) is 3. The number of hydrogen-bond donors (Lipinski definition) is 3. The molecule has 0 aliphatic carbocycles. The second-order valence-electron chi connectivity index (χ2n) is 14.2. The Kier molecular flexibility index (Phi) is 30.2. The number of carbonyl (C=O) groups excluding carboxylic acids is 2. The number of nitrogens with two attached hydrogens (primary N) is 1. The molecule has 5 atom stereocenters. The summed E-state index contributed by atoms with van der Waals surface area (Å²) in [6, 6.07) is -1.53. The largest absolute Gasteiger partial charge is 0.480 e. The van der Waals surface area contributed by atoms with Crippen molar-refractivity contribution in [3.05, 3.63) is 36.5 Å². The third-order valence-corrected chi connectivity index (χ3v) is 9.99. The monoisotopic (exact) mass is 785 g/mol. The fourth-order valence-electron chi connectivity index (χ4n) is 5.63. The molecule has 0 bridgehead atoms. The van der Waals surface area contributed by atoms with Gasteiger partial charge in [-0.3, -0.25) is 23.4 Å². The van der Waals surface area contributed by atoms with E-state index in [4.69, 9.17) is 29.6 Å². The molecule has 312 valence electrons. The summed E-state index contributed by atoms with van der Waals surface area (Å²) in [5, 5.41) is 8.87. The molecular formula is C41H72NO11P. The van der Waals surface area contributed by atoms with E-state index in [1.165, 1.54) is 70.6 Å². The minimum Gasteiger partial charge on any atom is -0.480 e. The van der Waals surface area contributed by atoms with Crippen molar-refractivity contribution in [3.8, 4) is 0 Å². The molecule has 1 rings (SSSR count). The molecule has 1 aliphatic heterocycles. The first kappa shape index (κ1) is 49.7. The predicted octanol–water partition coefficient (Wildman–Crippen LogP) is 9.44. The fourth-order valence-corrected chi connectivity index (χ4v) is 6.41. The highest BCUT2D eigenvalue weighted by atomic mass is 31.2. The molecule has 0 spiro atoms. The minimum absolute atomic E-state index is 0.139. The van der Waals surface area contributed by atoms with Gasteiger partial charge in [0.05, 0.1) is 25.4 Å². The third kappa shape index (κ3) is 29.9. The van der Waals surface area contributed by atoms with E-state index in [-0.39, 0.29) is 31.7 Å². The molecule has 0 radical (unpaired) electrons. The zero-order chi connectivity index (χ0) is 39.7. The standard InChI is InChI=1S/C41H72NO11P/c1-3-5-7-9-11-13-14-15-17-19-21-27-31-40(44)52-35(33-50-54(47,48)51-34-36(42)41(45)46)32-49-39(43)30-26-23-22-25-29-38-37(53-38)28-24-20-18-16-12-10-8-6-4-2/h12,16,20,22,24-25,35-38H,3-11,13-15,17-19,21,23,26-34,42H2,1-2H3,(H,45,46)(H,47,48)/b16-12-,24-20-,25-22-/t35-,36+,37?,38?/m1/s1. The van der Waals surface area contributed by atoms with E-state index in [0.29, 0.717) is 19.3 Å². The lowest BCUT2D eigenvalue weighted by Crippen LogP contribution is -2.34. The second-order valence-corrected chi connectivity index (χ2v) is 15.6. The molecule has 0 amide bonds. The molecule has 13 heteroatoms. The molecule has 12 nitrogen and oxygen atoms in total. The maximum absolute atomic E-state index is 12.6. The first-order valence-electron chi connectivity index (χ1n) is 20.6. The average molecular weight is 786 g/mol. The van der Waals surface area contributed by atoms with Crippen LogP contribution in [0.25, 0.3) is 0 Å². The number of rotatable bonds is 37. The Morgan fingerprint density at radius 1 is 0.667 bits per heavy atom. The quantitative estimate of drug-likeness (QED) is 0.0178. The van der Waals surface area contributed by atoms with Crippen LogP contribution >= 0.6 is 7.82 Å². The number of carboxylic acid groups (broad SMARTS) is 1. The molecule has 1 fully saturated rings. The van der Waals surface area contributed by atoms with Crippen LogP contribution in [0.3, 0.4) is 0 Å². The molecule has 0 aromatic rings. The first-order valence-corrected chi connectivity index (χ1v) is 22.1. The van der Waals surface area contributed by atoms with Crippen LogP contribution in [0.1, 0.15) is 162 Å². The fraction of sp³-hybridized carbons (Fsp3) is 0.780. The Bertz CT molecular complexity index is 1130. The zero-order valence-corrected chi connectivity index (χ0v) is 34.1. The minimum atomic E-state index is -4.73. The molecule has 0 aromatic heterocycles. The van der Waals surface area contributed by atoms with Crippen LogP contribution in [0, 0.1) is 0 Å². The molecule has 0 saturated carbocycles. The van der Waals surface area contributed by atoms with Crippen molar-refractivity contribution in [2.75, 3.05) is 19.8 Å². The van der Waals surface area contributed by atoms with Gasteiger partial charge in [-0.05, 0) is 51.4 Å². The van der Waals surface area contributed by atoms with E-state index in [9.17, 15) is 23.8 Å². The maximum atomic E-state index is 12.6. The lowest BCUT2D eigenvalue weighted by Gasteiger charge is -2.20. The molecular weight excluding hydrogens is 713 g/mol. The number of phosphoric acid groups is 1. The zero-order valence-electron chi connectivity index (χ0n) is 33.3. The second kappa shape index (κ2) is 32.9. The summed E-state index contributed by atoms with van der Waals surface area (Å²) in [5.74, 6) is -2.46. The SMILES string of the molecule is CCCCC/C=C\C/C=C\CC1OC1C/C=C\CCCC(=O)OC[C@H](COP(=O)(O)OC[C@H](N)C(=O)O)OC(=O)CCCCCCCCCCCCCC. The van der Waals surface area contributed by atoms with Crippen LogP contribution in [0.5, 0.6) is 0 Å². The highest BCUT2D eigenvalue weighted by Gasteiger charge is 2.36. The number of phosphoric ester groups is 1. The summed E-state index contributed by atoms with van der Waals surface area (Å²) in [6.07, 6.45) is 35.3. The number of unbranched alkanes of at least 4 members (excludes halogenated alkanes) is 15. The molecule has 4 N–H and O–H groups in total. The van der Waals surface area contributed by atoms with Crippen LogP contribution in [0.15, 0.2) is 36.5 Å². The van der Waals surface area contributed by atoms with Gasteiger partial charge in [-0.15, -0.1) is 0 Å². The normalized spacial score (nSPS) is 17.9. The smallest absolute Gasteiger partial charge is 0.472 e. The van der Waals surface area contributed by atoms with Gasteiger partial charge in [-0.2, -0.15) is 0 Å². The van der Waals surface area contributed by atoms with Gasteiger partial charge in [0, 0.05) is 12.8 Å². The van der Waals surface area contributed by atoms with Crippen LogP contribution in [-0.4, -0.2) is 72.1 Å². The van der Waals surface area contributed by atoms with E-state index < -0.39 is 51.1 Å². The highest BCUT2D eigenvalue weighted by molar-refractivity contribution is 7.47. The molecule has 0 aromatic carbocycles. The topological polar surface area (TPSA) is 184 Å². The van der Waals surface area contributed by atoms with E-state index in [2.05, 4.69) is 48.8 Å². The number of epoxide rings is 1. The van der Waals surface area contributed by atoms with E-state index in [0.717, 1.165) is 44.9 Å². The van der Waals surface area contributed by atoms with Crippen LogP contribution in [-0.2, 0) is 42.2 Å². The molecule has 1 heterocycles. The molecule has 1 aliphatic rings. The Balaban J connectivity index is 2.35. The Hall–Kier alpha value is -2.34. The summed E-state index contributed by atoms with van der Waals surface area (Å²) in [5.41, 5.74) is 5.32. The lowest BCUT2D eigenvalue weighted by atomic mass is 10.0. The van der Waals surface area contributed by atoms with Gasteiger partial charge in [0.25, 0.3) is 0 Å². The van der Waals surface area contributed by atoms with Crippen LogP contribution in [0.4, 0.5) is 0 Å². The molecule has 54 heavy (non-hydrogen) atoms. The Labute approximate surface area is 325 Å². The average Bonchev–Trinajstić information content (AvgIpc) is 3.90. The molecule has 3 unspecified atom stereocenters. The van der Waals surface area contributed by atoms with Gasteiger partial charge < -0.3 is 29.9 Å². The summed E-state index contributed by atoms with van der Waals surface area (Å²) < 4.78 is 38.3. The van der Waals surface area contributed by atoms with Gasteiger partial charge in [-0.1, -0.05) is 134 Å².